The maximum atomic E-state index is 12.7. The second kappa shape index (κ2) is 9.41. The third-order valence-corrected chi connectivity index (χ3v) is 9.91. The third-order valence-electron chi connectivity index (χ3n) is 9.66. The first-order valence-electron chi connectivity index (χ1n) is 13.9. The van der Waals surface area contributed by atoms with Gasteiger partial charge in [0.25, 0.3) is 0 Å². The Bertz CT molecular complexity index is 1450. The highest BCUT2D eigenvalue weighted by atomic mass is 35.5. The van der Waals surface area contributed by atoms with Crippen molar-refractivity contribution in [2.45, 2.75) is 35.5 Å². The van der Waals surface area contributed by atoms with Gasteiger partial charge in [-0.25, -0.2) is 4.39 Å². The van der Waals surface area contributed by atoms with E-state index >= 15 is 0 Å². The summed E-state index contributed by atoms with van der Waals surface area (Å²) in [5.74, 6) is 0.662. The molecule has 3 aromatic rings. The van der Waals surface area contributed by atoms with E-state index in [1.54, 1.807) is 12.1 Å². The van der Waals surface area contributed by atoms with E-state index in [1.165, 1.54) is 12.1 Å². The summed E-state index contributed by atoms with van der Waals surface area (Å²) in [6.07, 6.45) is 2.78. The van der Waals surface area contributed by atoms with Crippen LogP contribution in [0.15, 0.2) is 78.9 Å². The van der Waals surface area contributed by atoms with Crippen molar-refractivity contribution in [1.29, 1.82) is 0 Å². The van der Waals surface area contributed by atoms with Gasteiger partial charge >= 0.3 is 17.9 Å². The molecule has 0 bridgehead atoms. The molecule has 3 heterocycles. The molecule has 3 aliphatic heterocycles. The highest BCUT2D eigenvalue weighted by Crippen LogP contribution is 2.60. The third kappa shape index (κ3) is 4.08. The summed E-state index contributed by atoms with van der Waals surface area (Å²) in [7, 11) is 0. The van der Waals surface area contributed by atoms with Crippen LogP contribution in [-0.4, -0.2) is 37.7 Å². The van der Waals surface area contributed by atoms with Crippen LogP contribution in [-0.2, 0) is 44.8 Å². The van der Waals surface area contributed by atoms with Crippen LogP contribution in [0, 0.1) is 23.6 Å². The van der Waals surface area contributed by atoms with Gasteiger partial charge in [-0.3, -0.25) is 14.4 Å². The summed E-state index contributed by atoms with van der Waals surface area (Å²) >= 11 is 5.80. The number of cyclic esters (lactones) is 3. The molecular weight excluding hydrogens is 547 g/mol. The fourth-order valence-corrected chi connectivity index (χ4v) is 7.03. The SMILES string of the molecule is O=C1OCC2CC12c1ccc(Cl)cc1.O=C1OCC2CC12c1ccc(F)cc1.O=C1OCC2CC12c1ccccc1. The molecule has 0 amide bonds. The van der Waals surface area contributed by atoms with E-state index in [0.717, 1.165) is 36.0 Å². The van der Waals surface area contributed by atoms with Crippen LogP contribution in [0.5, 0.6) is 0 Å². The lowest BCUT2D eigenvalue weighted by molar-refractivity contribution is -0.143. The monoisotopic (exact) mass is 574 g/mol. The first-order chi connectivity index (χ1) is 19.8. The zero-order chi connectivity index (χ0) is 28.4. The number of carbonyl (C=O) groups is 3. The molecule has 0 aromatic heterocycles. The molecule has 0 N–H and O–H groups in total. The van der Waals surface area contributed by atoms with E-state index in [-0.39, 0.29) is 34.6 Å². The number of benzene rings is 3. The number of esters is 3. The largest absolute Gasteiger partial charge is 0.465 e. The molecule has 6 fully saturated rings. The van der Waals surface area contributed by atoms with Gasteiger partial charge < -0.3 is 14.2 Å². The summed E-state index contributed by atoms with van der Waals surface area (Å²) in [5, 5.41) is 0.703. The van der Waals surface area contributed by atoms with Gasteiger partial charge in [0, 0.05) is 22.8 Å². The van der Waals surface area contributed by atoms with E-state index < -0.39 is 5.41 Å². The molecule has 8 heteroatoms. The molecule has 3 saturated carbocycles. The fraction of sp³-hybridized carbons (Fsp3) is 0.364. The number of carbonyl (C=O) groups excluding carboxylic acids is 3. The quantitative estimate of drug-likeness (QED) is 0.312. The van der Waals surface area contributed by atoms with Crippen LogP contribution >= 0.6 is 11.6 Å². The number of ether oxygens (including phenoxy) is 3. The van der Waals surface area contributed by atoms with Crippen molar-refractivity contribution < 1.29 is 33.0 Å². The fourth-order valence-electron chi connectivity index (χ4n) is 6.90. The van der Waals surface area contributed by atoms with Crippen LogP contribution in [0.1, 0.15) is 36.0 Å². The number of hydrogen-bond donors (Lipinski definition) is 0. The molecule has 0 radical (unpaired) electrons. The average Bonchev–Trinajstić information content (AvgIpc) is 3.94. The van der Waals surface area contributed by atoms with Crippen LogP contribution in [0.25, 0.3) is 0 Å². The molecule has 3 saturated heterocycles. The zero-order valence-corrected chi connectivity index (χ0v) is 22.9. The summed E-state index contributed by atoms with van der Waals surface area (Å²) in [6.45, 7) is 1.73. The lowest BCUT2D eigenvalue weighted by Crippen LogP contribution is -2.18. The first-order valence-corrected chi connectivity index (χ1v) is 14.3. The summed E-state index contributed by atoms with van der Waals surface area (Å²) in [4.78, 5) is 34.6. The molecule has 3 aliphatic carbocycles. The highest BCUT2D eigenvalue weighted by molar-refractivity contribution is 6.30. The number of halogens is 2. The van der Waals surface area contributed by atoms with Crippen molar-refractivity contribution in [2.24, 2.45) is 17.8 Å². The molecule has 0 spiro atoms. The Labute approximate surface area is 241 Å². The smallest absolute Gasteiger partial charge is 0.317 e. The molecule has 6 aliphatic rings. The van der Waals surface area contributed by atoms with Crippen molar-refractivity contribution in [3.8, 4) is 0 Å². The molecule has 9 rings (SSSR count). The molecule has 41 heavy (non-hydrogen) atoms. The highest BCUT2D eigenvalue weighted by Gasteiger charge is 2.68. The Kier molecular flexibility index (Phi) is 6.02. The van der Waals surface area contributed by atoms with E-state index in [1.807, 2.05) is 54.6 Å². The predicted octanol–water partition coefficient (Wildman–Crippen LogP) is 5.30. The van der Waals surface area contributed by atoms with Gasteiger partial charge in [-0.2, -0.15) is 0 Å². The van der Waals surface area contributed by atoms with Crippen molar-refractivity contribution in [1.82, 2.24) is 0 Å². The summed E-state index contributed by atoms with van der Waals surface area (Å²) in [5.41, 5.74) is 2.09. The minimum atomic E-state index is -0.423. The Morgan fingerprint density at radius 1 is 0.561 bits per heavy atom. The second-order valence-electron chi connectivity index (χ2n) is 11.8. The number of rotatable bonds is 3. The Morgan fingerprint density at radius 2 is 0.927 bits per heavy atom. The van der Waals surface area contributed by atoms with Crippen molar-refractivity contribution in [3.63, 3.8) is 0 Å². The second-order valence-corrected chi connectivity index (χ2v) is 12.2. The molecule has 6 atom stereocenters. The molecular formula is C33H28ClFO6. The Hall–Kier alpha value is -3.71. The molecule has 6 nitrogen and oxygen atoms in total. The van der Waals surface area contributed by atoms with Gasteiger partial charge in [-0.05, 0) is 60.2 Å². The molecule has 6 unspecified atom stereocenters. The standard InChI is InChI=1S/C11H9ClO2.C11H9FO2.C11H10O2/c2*12-9-3-1-7(2-4-9)11-5-8(11)6-14-10(11)13;12-10-11(6-9(11)7-13-10)8-4-2-1-3-5-8/h2*1-4,8H,5-6H2;1-5,9H,6-7H2. The van der Waals surface area contributed by atoms with Crippen LogP contribution in [0.3, 0.4) is 0 Å². The van der Waals surface area contributed by atoms with Crippen molar-refractivity contribution in [3.05, 3.63) is 106 Å². The zero-order valence-electron chi connectivity index (χ0n) is 22.2. The van der Waals surface area contributed by atoms with E-state index in [2.05, 4.69) is 0 Å². The van der Waals surface area contributed by atoms with Gasteiger partial charge in [0.2, 0.25) is 0 Å². The van der Waals surface area contributed by atoms with Gasteiger partial charge in [-0.15, -0.1) is 0 Å². The summed E-state index contributed by atoms with van der Waals surface area (Å²) in [6, 6.07) is 23.6. The van der Waals surface area contributed by atoms with E-state index in [9.17, 15) is 18.8 Å². The number of fused-ring (bicyclic) bond motifs is 3. The van der Waals surface area contributed by atoms with Gasteiger partial charge in [0.05, 0.1) is 36.1 Å². The number of hydrogen-bond acceptors (Lipinski definition) is 6. The lowest BCUT2D eigenvalue weighted by atomic mass is 9.95. The average molecular weight is 575 g/mol. The van der Waals surface area contributed by atoms with Crippen molar-refractivity contribution in [2.75, 3.05) is 19.8 Å². The first kappa shape index (κ1) is 26.2. The minimum Gasteiger partial charge on any atom is -0.465 e. The molecule has 3 aromatic carbocycles. The predicted molar refractivity (Wildman–Crippen MR) is 147 cm³/mol. The Morgan fingerprint density at radius 3 is 1.27 bits per heavy atom. The summed E-state index contributed by atoms with van der Waals surface area (Å²) < 4.78 is 27.7. The lowest BCUT2D eigenvalue weighted by Gasteiger charge is -2.08. The topological polar surface area (TPSA) is 78.9 Å². The van der Waals surface area contributed by atoms with Gasteiger partial charge in [-0.1, -0.05) is 66.2 Å². The van der Waals surface area contributed by atoms with Crippen LogP contribution in [0.2, 0.25) is 5.02 Å². The minimum absolute atomic E-state index is 0.0244. The Balaban J connectivity index is 0.000000101. The maximum absolute atomic E-state index is 12.7. The van der Waals surface area contributed by atoms with Gasteiger partial charge in [0.15, 0.2) is 0 Å². The molecule has 210 valence electrons. The normalized spacial score (nSPS) is 34.3. The van der Waals surface area contributed by atoms with Crippen LogP contribution < -0.4 is 0 Å². The van der Waals surface area contributed by atoms with Crippen LogP contribution in [0.4, 0.5) is 4.39 Å². The van der Waals surface area contributed by atoms with Gasteiger partial charge in [0.1, 0.15) is 5.82 Å². The van der Waals surface area contributed by atoms with E-state index in [4.69, 9.17) is 25.8 Å². The maximum Gasteiger partial charge on any atom is 0.317 e. The van der Waals surface area contributed by atoms with Crippen molar-refractivity contribution >= 4 is 29.5 Å². The van der Waals surface area contributed by atoms with E-state index in [0.29, 0.717) is 42.6 Å².